The molecule has 2 aromatic rings. The van der Waals surface area contributed by atoms with Crippen LogP contribution in [0.15, 0.2) is 24.4 Å². The number of hydrogen-bond acceptors (Lipinski definition) is 3. The summed E-state index contributed by atoms with van der Waals surface area (Å²) in [6, 6.07) is 4.16. The highest BCUT2D eigenvalue weighted by Crippen LogP contribution is 2.24. The molecule has 0 spiro atoms. The van der Waals surface area contributed by atoms with Crippen molar-refractivity contribution in [1.82, 2.24) is 9.88 Å². The molecule has 0 unspecified atom stereocenters. The van der Waals surface area contributed by atoms with Crippen molar-refractivity contribution in [2.45, 2.75) is 0 Å². The van der Waals surface area contributed by atoms with E-state index in [1.54, 1.807) is 20.2 Å². The molecular formula is C12H12FN3O. The van der Waals surface area contributed by atoms with E-state index in [0.717, 1.165) is 0 Å². The van der Waals surface area contributed by atoms with E-state index in [2.05, 4.69) is 4.98 Å². The number of amides is 1. The molecule has 0 saturated heterocycles. The lowest BCUT2D eigenvalue weighted by molar-refractivity contribution is 0.0824. The predicted molar refractivity (Wildman–Crippen MR) is 64.1 cm³/mol. The van der Waals surface area contributed by atoms with Gasteiger partial charge in [0.1, 0.15) is 11.5 Å². The molecule has 4 nitrogen and oxygen atoms in total. The normalized spacial score (nSPS) is 10.5. The molecule has 1 aromatic carbocycles. The summed E-state index contributed by atoms with van der Waals surface area (Å²) in [5.41, 5.74) is 6.22. The maximum absolute atomic E-state index is 13.3. The van der Waals surface area contributed by atoms with Crippen LogP contribution in [-0.4, -0.2) is 29.9 Å². The van der Waals surface area contributed by atoms with Gasteiger partial charge < -0.3 is 10.6 Å². The number of benzene rings is 1. The molecule has 17 heavy (non-hydrogen) atoms. The molecule has 0 aliphatic carbocycles. The average molecular weight is 233 g/mol. The average Bonchev–Trinajstić information content (AvgIpc) is 2.27. The zero-order valence-corrected chi connectivity index (χ0v) is 9.57. The third-order valence-corrected chi connectivity index (χ3v) is 2.49. The molecule has 0 fully saturated rings. The fourth-order valence-electron chi connectivity index (χ4n) is 1.66. The quantitative estimate of drug-likeness (QED) is 0.762. The molecule has 88 valence electrons. The molecule has 0 bridgehead atoms. The molecular weight excluding hydrogens is 221 g/mol. The Morgan fingerprint density at radius 3 is 2.71 bits per heavy atom. The second-order valence-electron chi connectivity index (χ2n) is 3.95. The van der Waals surface area contributed by atoms with Gasteiger partial charge in [-0.25, -0.2) is 4.39 Å². The van der Waals surface area contributed by atoms with Crippen LogP contribution in [0.1, 0.15) is 10.5 Å². The maximum atomic E-state index is 13.3. The van der Waals surface area contributed by atoms with E-state index in [1.807, 2.05) is 0 Å². The third kappa shape index (κ3) is 1.91. The highest BCUT2D eigenvalue weighted by molar-refractivity contribution is 6.07. The van der Waals surface area contributed by atoms with Crippen molar-refractivity contribution < 1.29 is 9.18 Å². The van der Waals surface area contributed by atoms with Crippen molar-refractivity contribution in [3.8, 4) is 0 Å². The topological polar surface area (TPSA) is 59.2 Å². The molecule has 0 aliphatic rings. The number of fused-ring (bicyclic) bond motifs is 1. The van der Waals surface area contributed by atoms with E-state index in [4.69, 9.17) is 5.73 Å². The van der Waals surface area contributed by atoms with Crippen LogP contribution >= 0.6 is 0 Å². The third-order valence-electron chi connectivity index (χ3n) is 2.49. The van der Waals surface area contributed by atoms with Crippen LogP contribution in [0.3, 0.4) is 0 Å². The smallest absolute Gasteiger partial charge is 0.272 e. The standard InChI is InChI=1S/C12H12FN3O/c1-16(2)12(17)11-9-5-7(13)6-10(14)8(9)3-4-15-11/h3-6H,14H2,1-2H3. The Morgan fingerprint density at radius 2 is 2.06 bits per heavy atom. The first-order valence-electron chi connectivity index (χ1n) is 5.06. The Bertz CT molecular complexity index is 596. The lowest BCUT2D eigenvalue weighted by atomic mass is 10.1. The van der Waals surface area contributed by atoms with E-state index >= 15 is 0 Å². The Hall–Kier alpha value is -2.17. The second kappa shape index (κ2) is 4.01. The van der Waals surface area contributed by atoms with E-state index in [0.29, 0.717) is 16.5 Å². The summed E-state index contributed by atoms with van der Waals surface area (Å²) in [5.74, 6) is -0.753. The first-order chi connectivity index (χ1) is 8.00. The highest BCUT2D eigenvalue weighted by Gasteiger charge is 2.15. The van der Waals surface area contributed by atoms with Gasteiger partial charge >= 0.3 is 0 Å². The summed E-state index contributed by atoms with van der Waals surface area (Å²) in [6.07, 6.45) is 1.49. The van der Waals surface area contributed by atoms with Crippen molar-refractivity contribution in [3.63, 3.8) is 0 Å². The number of nitrogens with zero attached hydrogens (tertiary/aromatic N) is 2. The van der Waals surface area contributed by atoms with E-state index in [1.165, 1.54) is 23.2 Å². The summed E-state index contributed by atoms with van der Waals surface area (Å²) >= 11 is 0. The van der Waals surface area contributed by atoms with Crippen molar-refractivity contribution in [1.29, 1.82) is 0 Å². The van der Waals surface area contributed by atoms with E-state index < -0.39 is 5.82 Å². The molecule has 0 atom stereocenters. The molecule has 1 heterocycles. The van der Waals surface area contributed by atoms with Gasteiger partial charge in [-0.3, -0.25) is 9.78 Å². The Morgan fingerprint density at radius 1 is 1.35 bits per heavy atom. The number of aromatic nitrogens is 1. The van der Waals surface area contributed by atoms with Crippen LogP contribution in [0.4, 0.5) is 10.1 Å². The van der Waals surface area contributed by atoms with Crippen molar-refractivity contribution >= 4 is 22.4 Å². The Kier molecular flexibility index (Phi) is 2.67. The summed E-state index contributed by atoms with van der Waals surface area (Å²) in [6.45, 7) is 0. The van der Waals surface area contributed by atoms with Crippen LogP contribution in [0, 0.1) is 5.82 Å². The first kappa shape index (κ1) is 11.3. The number of nitrogen functional groups attached to an aromatic ring is 1. The maximum Gasteiger partial charge on any atom is 0.272 e. The van der Waals surface area contributed by atoms with Gasteiger partial charge in [-0.1, -0.05) is 0 Å². The van der Waals surface area contributed by atoms with Gasteiger partial charge in [0.05, 0.1) is 0 Å². The summed E-state index contributed by atoms with van der Waals surface area (Å²) in [4.78, 5) is 17.3. The zero-order chi connectivity index (χ0) is 12.6. The van der Waals surface area contributed by atoms with Gasteiger partial charge in [0.2, 0.25) is 0 Å². The van der Waals surface area contributed by atoms with Crippen molar-refractivity contribution in [3.05, 3.63) is 35.9 Å². The number of carbonyl (C=O) groups is 1. The minimum Gasteiger partial charge on any atom is -0.398 e. The number of nitrogens with two attached hydrogens (primary N) is 1. The van der Waals surface area contributed by atoms with Gasteiger partial charge in [-0.2, -0.15) is 0 Å². The summed E-state index contributed by atoms with van der Waals surface area (Å²) in [7, 11) is 3.23. The minimum atomic E-state index is -0.476. The lowest BCUT2D eigenvalue weighted by Gasteiger charge is -2.12. The molecule has 0 saturated carbocycles. The van der Waals surface area contributed by atoms with Crippen LogP contribution in [0.2, 0.25) is 0 Å². The van der Waals surface area contributed by atoms with Crippen molar-refractivity contribution in [2.24, 2.45) is 0 Å². The monoisotopic (exact) mass is 233 g/mol. The van der Waals surface area contributed by atoms with Crippen LogP contribution in [-0.2, 0) is 0 Å². The number of pyridine rings is 1. The molecule has 1 aromatic heterocycles. The Balaban J connectivity index is 2.77. The first-order valence-corrected chi connectivity index (χ1v) is 5.06. The zero-order valence-electron chi connectivity index (χ0n) is 9.57. The van der Waals surface area contributed by atoms with Crippen LogP contribution in [0.5, 0.6) is 0 Å². The molecule has 0 radical (unpaired) electrons. The fraction of sp³-hybridized carbons (Fsp3) is 0.167. The van der Waals surface area contributed by atoms with Gasteiger partial charge in [0, 0.05) is 36.8 Å². The molecule has 1 amide bonds. The number of halogens is 1. The number of rotatable bonds is 1. The SMILES string of the molecule is CN(C)C(=O)c1nccc2c(N)cc(F)cc12. The largest absolute Gasteiger partial charge is 0.398 e. The Labute approximate surface area is 97.9 Å². The summed E-state index contributed by atoms with van der Waals surface area (Å²) < 4.78 is 13.3. The minimum absolute atomic E-state index is 0.207. The lowest BCUT2D eigenvalue weighted by Crippen LogP contribution is -2.23. The predicted octanol–water partition coefficient (Wildman–Crippen LogP) is 1.66. The summed E-state index contributed by atoms with van der Waals surface area (Å²) in [5, 5.41) is 1.07. The van der Waals surface area contributed by atoms with Gasteiger partial charge in [-0.05, 0) is 18.2 Å². The van der Waals surface area contributed by atoms with E-state index in [9.17, 15) is 9.18 Å². The molecule has 2 rings (SSSR count). The van der Waals surface area contributed by atoms with Crippen molar-refractivity contribution in [2.75, 3.05) is 19.8 Å². The number of anilines is 1. The van der Waals surface area contributed by atoms with Crippen LogP contribution < -0.4 is 5.73 Å². The number of carbonyl (C=O) groups excluding carboxylic acids is 1. The van der Waals surface area contributed by atoms with Gasteiger partial charge in [0.15, 0.2) is 0 Å². The molecule has 2 N–H and O–H groups in total. The molecule has 0 aliphatic heterocycles. The van der Waals surface area contributed by atoms with Crippen LogP contribution in [0.25, 0.3) is 10.8 Å². The fourth-order valence-corrected chi connectivity index (χ4v) is 1.66. The number of hydrogen-bond donors (Lipinski definition) is 1. The van der Waals surface area contributed by atoms with Gasteiger partial charge in [0.25, 0.3) is 5.91 Å². The van der Waals surface area contributed by atoms with E-state index in [-0.39, 0.29) is 11.6 Å². The highest BCUT2D eigenvalue weighted by atomic mass is 19.1. The molecule has 5 heteroatoms. The second-order valence-corrected chi connectivity index (χ2v) is 3.95. The van der Waals surface area contributed by atoms with Gasteiger partial charge in [-0.15, -0.1) is 0 Å².